The Hall–Kier alpha value is -1.23. The van der Waals surface area contributed by atoms with Gasteiger partial charge in [-0.15, -0.1) is 0 Å². The Balaban J connectivity index is 3.29. The summed E-state index contributed by atoms with van der Waals surface area (Å²) in [4.78, 5) is 10.1. The molecule has 0 aliphatic carbocycles. The molecule has 0 aromatic heterocycles. The van der Waals surface area contributed by atoms with Gasteiger partial charge in [0.2, 0.25) is 0 Å². The maximum atomic E-state index is 10.5. The Labute approximate surface area is 75.3 Å². The minimum absolute atomic E-state index is 0.0764. The van der Waals surface area contributed by atoms with Crippen LogP contribution < -0.4 is 4.72 Å². The number of anilines is 1. The van der Waals surface area contributed by atoms with E-state index in [2.05, 4.69) is 17.5 Å². The minimum Gasteiger partial charge on any atom is -0.327 e. The van der Waals surface area contributed by atoms with Crippen LogP contribution >= 0.6 is 12.8 Å². The Bertz CT molecular complexity index is 314. The van der Waals surface area contributed by atoms with Crippen molar-refractivity contribution in [3.05, 3.63) is 33.9 Å². The zero-order valence-corrected chi connectivity index (χ0v) is 7.34. The zero-order valence-electron chi connectivity index (χ0n) is 6.44. The summed E-state index contributed by atoms with van der Waals surface area (Å²) >= 11 is 3.77. The molecule has 0 spiro atoms. The van der Waals surface area contributed by atoms with Gasteiger partial charge in [0.15, 0.2) is 0 Å². The quantitative estimate of drug-likeness (QED) is 0.420. The number of hydrogen-bond acceptors (Lipinski definition) is 4. The lowest BCUT2D eigenvalue weighted by atomic mass is 10.2. The first-order chi connectivity index (χ1) is 5.66. The summed E-state index contributed by atoms with van der Waals surface area (Å²) in [6.45, 7) is 1.69. The Morgan fingerprint density at radius 2 is 2.25 bits per heavy atom. The molecule has 0 saturated heterocycles. The fourth-order valence-electron chi connectivity index (χ4n) is 0.992. The van der Waals surface area contributed by atoms with Crippen LogP contribution in [0.2, 0.25) is 0 Å². The van der Waals surface area contributed by atoms with E-state index in [1.807, 2.05) is 0 Å². The lowest BCUT2D eigenvalue weighted by Gasteiger charge is -2.02. The van der Waals surface area contributed by atoms with Gasteiger partial charge in [-0.05, 0) is 13.0 Å². The summed E-state index contributed by atoms with van der Waals surface area (Å²) in [5, 5.41) is 10.5. The molecule has 1 aromatic carbocycles. The number of nitro benzene ring substituents is 1. The predicted molar refractivity (Wildman–Crippen MR) is 50.4 cm³/mol. The van der Waals surface area contributed by atoms with Gasteiger partial charge in [0.25, 0.3) is 5.69 Å². The first-order valence-electron chi connectivity index (χ1n) is 3.31. The summed E-state index contributed by atoms with van der Waals surface area (Å²) in [5.41, 5.74) is 1.12. The molecule has 0 bridgehead atoms. The number of nitrogens with zero attached hydrogens (tertiary/aromatic N) is 1. The molecule has 0 unspecified atom stereocenters. The van der Waals surface area contributed by atoms with Crippen LogP contribution in [-0.2, 0) is 0 Å². The summed E-state index contributed by atoms with van der Waals surface area (Å²) < 4.78 is 2.47. The lowest BCUT2D eigenvalue weighted by Crippen LogP contribution is -1.95. The molecule has 0 amide bonds. The average Bonchev–Trinajstić information content (AvgIpc) is 2.03. The predicted octanol–water partition coefficient (Wildman–Crippen LogP) is 2.16. The second-order valence-corrected chi connectivity index (χ2v) is 2.56. The highest BCUT2D eigenvalue weighted by atomic mass is 32.1. The van der Waals surface area contributed by atoms with Crippen LogP contribution in [0.25, 0.3) is 0 Å². The molecule has 0 atom stereocenters. The zero-order chi connectivity index (χ0) is 9.14. The van der Waals surface area contributed by atoms with Crippen molar-refractivity contribution in [2.24, 2.45) is 0 Å². The number of para-hydroxylation sites is 1. The van der Waals surface area contributed by atoms with Crippen LogP contribution in [0.4, 0.5) is 11.4 Å². The van der Waals surface area contributed by atoms with Gasteiger partial charge in [-0.1, -0.05) is 24.9 Å². The molecular weight excluding hydrogens is 176 g/mol. The third-order valence-electron chi connectivity index (χ3n) is 1.54. The van der Waals surface area contributed by atoms with Gasteiger partial charge in [-0.3, -0.25) is 10.1 Å². The number of nitrogens with one attached hydrogen (secondary N) is 1. The minimum atomic E-state index is -0.423. The van der Waals surface area contributed by atoms with E-state index in [-0.39, 0.29) is 5.69 Å². The number of benzene rings is 1. The lowest BCUT2D eigenvalue weighted by molar-refractivity contribution is -0.384. The Morgan fingerprint density at radius 3 is 2.67 bits per heavy atom. The molecule has 0 heterocycles. The van der Waals surface area contributed by atoms with E-state index in [0.717, 1.165) is 0 Å². The standard InChI is InChI=1S/C7H8N2O2S/c1-5-3-2-4-6(8-12)7(5)9(10)11/h2-4,8,12H,1H3. The molecule has 4 nitrogen and oxygen atoms in total. The summed E-state index contributed by atoms with van der Waals surface area (Å²) in [6, 6.07) is 5.03. The van der Waals surface area contributed by atoms with Crippen LogP contribution in [0, 0.1) is 17.0 Å². The maximum Gasteiger partial charge on any atom is 0.296 e. The van der Waals surface area contributed by atoms with Gasteiger partial charge >= 0.3 is 0 Å². The summed E-state index contributed by atoms with van der Waals surface area (Å²) in [7, 11) is 0. The molecule has 1 rings (SSSR count). The topological polar surface area (TPSA) is 55.2 Å². The Kier molecular flexibility index (Phi) is 2.54. The second-order valence-electron chi connectivity index (χ2n) is 2.34. The van der Waals surface area contributed by atoms with E-state index in [0.29, 0.717) is 11.3 Å². The van der Waals surface area contributed by atoms with Crippen LogP contribution in [0.1, 0.15) is 5.56 Å². The molecule has 12 heavy (non-hydrogen) atoms. The van der Waals surface area contributed by atoms with E-state index in [9.17, 15) is 10.1 Å². The highest BCUT2D eigenvalue weighted by molar-refractivity contribution is 7.81. The highest BCUT2D eigenvalue weighted by Crippen LogP contribution is 2.27. The fraction of sp³-hybridized carbons (Fsp3) is 0.143. The Morgan fingerprint density at radius 1 is 1.58 bits per heavy atom. The van der Waals surface area contributed by atoms with Gasteiger partial charge in [-0.25, -0.2) is 0 Å². The summed E-state index contributed by atoms with van der Waals surface area (Å²) in [6.07, 6.45) is 0. The van der Waals surface area contributed by atoms with Crippen molar-refractivity contribution in [2.75, 3.05) is 4.72 Å². The van der Waals surface area contributed by atoms with Crippen LogP contribution in [-0.4, -0.2) is 4.92 Å². The van der Waals surface area contributed by atoms with E-state index >= 15 is 0 Å². The molecule has 1 N–H and O–H groups in total. The van der Waals surface area contributed by atoms with Crippen molar-refractivity contribution in [3.8, 4) is 0 Å². The first-order valence-corrected chi connectivity index (χ1v) is 3.75. The number of aryl methyl sites for hydroxylation is 1. The molecule has 64 valence electrons. The highest BCUT2D eigenvalue weighted by Gasteiger charge is 2.14. The van der Waals surface area contributed by atoms with Crippen LogP contribution in [0.3, 0.4) is 0 Å². The van der Waals surface area contributed by atoms with Crippen molar-refractivity contribution in [3.63, 3.8) is 0 Å². The van der Waals surface area contributed by atoms with Gasteiger partial charge in [0, 0.05) is 5.56 Å². The van der Waals surface area contributed by atoms with Crippen molar-refractivity contribution in [2.45, 2.75) is 6.92 Å². The van der Waals surface area contributed by atoms with Crippen molar-refractivity contribution in [1.82, 2.24) is 0 Å². The molecule has 0 fully saturated rings. The normalized spacial score (nSPS) is 9.50. The smallest absolute Gasteiger partial charge is 0.296 e. The number of hydrogen-bond donors (Lipinski definition) is 2. The van der Waals surface area contributed by atoms with Crippen molar-refractivity contribution < 1.29 is 4.92 Å². The average molecular weight is 184 g/mol. The van der Waals surface area contributed by atoms with Gasteiger partial charge in [0.05, 0.1) is 4.92 Å². The summed E-state index contributed by atoms with van der Waals surface area (Å²) in [5.74, 6) is 0. The molecule has 0 saturated carbocycles. The van der Waals surface area contributed by atoms with E-state index < -0.39 is 4.92 Å². The van der Waals surface area contributed by atoms with Crippen LogP contribution in [0.15, 0.2) is 18.2 Å². The van der Waals surface area contributed by atoms with E-state index in [4.69, 9.17) is 0 Å². The van der Waals surface area contributed by atoms with Crippen LogP contribution in [0.5, 0.6) is 0 Å². The molecule has 0 radical (unpaired) electrons. The van der Waals surface area contributed by atoms with Gasteiger partial charge in [-0.2, -0.15) is 0 Å². The maximum absolute atomic E-state index is 10.5. The largest absolute Gasteiger partial charge is 0.327 e. The number of rotatable bonds is 2. The second kappa shape index (κ2) is 3.44. The molecule has 0 aliphatic rings. The molecule has 1 aromatic rings. The third kappa shape index (κ3) is 1.50. The third-order valence-corrected chi connectivity index (χ3v) is 1.78. The first kappa shape index (κ1) is 8.86. The fourth-order valence-corrected chi connectivity index (χ4v) is 1.17. The van der Waals surface area contributed by atoms with Crippen molar-refractivity contribution >= 4 is 24.2 Å². The van der Waals surface area contributed by atoms with E-state index in [1.54, 1.807) is 25.1 Å². The number of nitro groups is 1. The molecule has 5 heteroatoms. The SMILES string of the molecule is Cc1cccc(NS)c1[N+](=O)[O-]. The van der Waals surface area contributed by atoms with Gasteiger partial charge < -0.3 is 4.72 Å². The van der Waals surface area contributed by atoms with Gasteiger partial charge in [0.1, 0.15) is 5.69 Å². The van der Waals surface area contributed by atoms with Crippen molar-refractivity contribution in [1.29, 1.82) is 0 Å². The number of thiol groups is 1. The molecule has 0 aliphatic heterocycles. The monoisotopic (exact) mass is 184 g/mol. The molecular formula is C7H8N2O2S. The van der Waals surface area contributed by atoms with E-state index in [1.165, 1.54) is 0 Å².